The molecule has 3 saturated heterocycles. The number of hydrogen-bond donors (Lipinski definition) is 1. The van der Waals surface area contributed by atoms with Crippen molar-refractivity contribution in [3.05, 3.63) is 54.6 Å². The molecule has 4 aromatic rings. The number of aromatic nitrogens is 5. The third-order valence-electron chi connectivity index (χ3n) is 8.75. The number of anilines is 1. The monoisotopic (exact) mass is 668 g/mol. The van der Waals surface area contributed by atoms with Crippen molar-refractivity contribution in [1.29, 1.82) is 0 Å². The van der Waals surface area contributed by atoms with Gasteiger partial charge in [-0.25, -0.2) is 9.50 Å². The van der Waals surface area contributed by atoms with E-state index in [0.29, 0.717) is 44.0 Å². The lowest BCUT2D eigenvalue weighted by atomic mass is 10.0. The number of amides is 2. The van der Waals surface area contributed by atoms with Crippen LogP contribution < -0.4 is 10.1 Å². The molecule has 0 atom stereocenters. The normalized spacial score (nSPS) is 17.7. The third-order valence-corrected chi connectivity index (χ3v) is 9.88. The van der Waals surface area contributed by atoms with Gasteiger partial charge in [0.1, 0.15) is 23.6 Å². The number of hydrogen-bond acceptors (Lipinski definition) is 10. The summed E-state index contributed by atoms with van der Waals surface area (Å²) in [5.74, 6) is -0.764. The largest absolute Gasteiger partial charge is 0.434 e. The Labute approximate surface area is 273 Å². The van der Waals surface area contributed by atoms with Gasteiger partial charge < -0.3 is 24.4 Å². The van der Waals surface area contributed by atoms with Crippen molar-refractivity contribution in [2.45, 2.75) is 48.2 Å². The molecule has 0 saturated carbocycles. The van der Waals surface area contributed by atoms with Gasteiger partial charge in [0.15, 0.2) is 5.65 Å². The second-order valence-electron chi connectivity index (χ2n) is 11.8. The van der Waals surface area contributed by atoms with E-state index in [0.717, 1.165) is 31.0 Å². The maximum atomic E-state index is 13.5. The van der Waals surface area contributed by atoms with E-state index in [1.807, 2.05) is 4.90 Å². The van der Waals surface area contributed by atoms with Gasteiger partial charge >= 0.3 is 6.61 Å². The van der Waals surface area contributed by atoms with Gasteiger partial charge in [0.2, 0.25) is 5.91 Å². The molecule has 16 heteroatoms. The molecule has 7 rings (SSSR count). The molecular formula is C31H34F2N8O5S. The Bertz CT molecular complexity index is 1750. The number of alkyl halides is 2. The fourth-order valence-electron chi connectivity index (χ4n) is 5.93. The number of likely N-dealkylation sites (tertiary alicyclic amines) is 1. The maximum absolute atomic E-state index is 13.5. The summed E-state index contributed by atoms with van der Waals surface area (Å²) in [4.78, 5) is 36.2. The summed E-state index contributed by atoms with van der Waals surface area (Å²) in [5.41, 5.74) is 1.20. The first-order valence-electron chi connectivity index (χ1n) is 15.4. The van der Waals surface area contributed by atoms with E-state index >= 15 is 0 Å². The van der Waals surface area contributed by atoms with E-state index in [4.69, 9.17) is 14.2 Å². The number of nitrogens with zero attached hydrogens (tertiary/aromatic N) is 7. The van der Waals surface area contributed by atoms with Crippen LogP contribution in [0.25, 0.3) is 16.9 Å². The molecule has 3 aliphatic heterocycles. The Kier molecular flexibility index (Phi) is 9.07. The summed E-state index contributed by atoms with van der Waals surface area (Å²) in [6, 6.07) is 7.36. The zero-order valence-electron chi connectivity index (χ0n) is 25.6. The third kappa shape index (κ3) is 6.81. The fourth-order valence-corrected chi connectivity index (χ4v) is 6.97. The molecule has 1 aromatic carbocycles. The number of piperidine rings is 1. The summed E-state index contributed by atoms with van der Waals surface area (Å²) in [5, 5.41) is 11.9. The van der Waals surface area contributed by atoms with Crippen molar-refractivity contribution in [1.82, 2.24) is 34.2 Å². The number of carbonyl (C=O) groups excluding carboxylic acids is 2. The minimum atomic E-state index is -3.09. The second-order valence-corrected chi connectivity index (χ2v) is 13.1. The Morgan fingerprint density at radius 1 is 1.15 bits per heavy atom. The Balaban J connectivity index is 1.16. The number of fused-ring (bicyclic) bond motifs is 1. The van der Waals surface area contributed by atoms with Crippen LogP contribution in [0.15, 0.2) is 53.9 Å². The topological polar surface area (TPSA) is 128 Å². The molecule has 1 N–H and O–H groups in total. The number of benzene rings is 1. The van der Waals surface area contributed by atoms with Gasteiger partial charge in [-0.2, -0.15) is 19.0 Å². The smallest absolute Gasteiger partial charge is 0.387 e. The van der Waals surface area contributed by atoms with Crippen molar-refractivity contribution < 1.29 is 32.6 Å². The lowest BCUT2D eigenvalue weighted by molar-refractivity contribution is -0.134. The molecule has 13 nitrogen and oxygen atoms in total. The van der Waals surface area contributed by atoms with E-state index in [2.05, 4.69) is 32.4 Å². The van der Waals surface area contributed by atoms with Crippen LogP contribution in [0.2, 0.25) is 0 Å². The van der Waals surface area contributed by atoms with Crippen LogP contribution >= 0.6 is 11.8 Å². The Morgan fingerprint density at radius 3 is 2.64 bits per heavy atom. The molecule has 0 radical (unpaired) electrons. The molecule has 3 fully saturated rings. The summed E-state index contributed by atoms with van der Waals surface area (Å²) >= 11 is 1.55. The van der Waals surface area contributed by atoms with Gasteiger partial charge in [-0.05, 0) is 44.2 Å². The molecule has 6 heterocycles. The minimum Gasteiger partial charge on any atom is -0.434 e. The summed E-state index contributed by atoms with van der Waals surface area (Å²) in [7, 11) is 2.11. The number of ether oxygens (including phenoxy) is 3. The summed E-state index contributed by atoms with van der Waals surface area (Å²) in [6.45, 7) is 0.687. The zero-order valence-corrected chi connectivity index (χ0v) is 26.4. The lowest BCUT2D eigenvalue weighted by Crippen LogP contribution is -2.54. The predicted molar refractivity (Wildman–Crippen MR) is 168 cm³/mol. The van der Waals surface area contributed by atoms with Gasteiger partial charge in [0, 0.05) is 48.2 Å². The number of halogens is 2. The average molecular weight is 669 g/mol. The molecular weight excluding hydrogens is 634 g/mol. The molecule has 3 aliphatic rings. The highest BCUT2D eigenvalue weighted by molar-refractivity contribution is 8.00. The molecule has 0 bridgehead atoms. The van der Waals surface area contributed by atoms with Crippen LogP contribution in [0.1, 0.15) is 23.2 Å². The first kappa shape index (κ1) is 31.5. The van der Waals surface area contributed by atoms with Crippen molar-refractivity contribution in [2.75, 3.05) is 51.9 Å². The highest BCUT2D eigenvalue weighted by atomic mass is 32.2. The SMILES string of the molecule is CN(C1CCN(C(=O)Cn2cc(NC(=O)c3cnn4cccnc34)c(-c3cc(SC4COC4)ccc3OC(F)F)n2)CC1)C1COC1. The van der Waals surface area contributed by atoms with Gasteiger partial charge in [-0.1, -0.05) is 0 Å². The minimum absolute atomic E-state index is 0.100. The fraction of sp³-hybridized carbons (Fsp3) is 0.452. The van der Waals surface area contributed by atoms with Crippen LogP contribution in [0, 0.1) is 0 Å². The van der Waals surface area contributed by atoms with Crippen LogP contribution in [0.4, 0.5) is 14.5 Å². The molecule has 3 aromatic heterocycles. The first-order valence-corrected chi connectivity index (χ1v) is 16.3. The van der Waals surface area contributed by atoms with E-state index < -0.39 is 12.5 Å². The van der Waals surface area contributed by atoms with Gasteiger partial charge in [0.25, 0.3) is 5.91 Å². The number of rotatable bonds is 11. The van der Waals surface area contributed by atoms with Crippen molar-refractivity contribution in [3.8, 4) is 17.0 Å². The van der Waals surface area contributed by atoms with Crippen LogP contribution in [-0.2, 0) is 20.8 Å². The van der Waals surface area contributed by atoms with Crippen LogP contribution in [0.3, 0.4) is 0 Å². The molecule has 0 spiro atoms. The van der Waals surface area contributed by atoms with Gasteiger partial charge in [-0.15, -0.1) is 11.8 Å². The Morgan fingerprint density at radius 2 is 1.94 bits per heavy atom. The van der Waals surface area contributed by atoms with E-state index in [1.54, 1.807) is 42.4 Å². The number of thioether (sulfide) groups is 1. The van der Waals surface area contributed by atoms with Crippen molar-refractivity contribution in [3.63, 3.8) is 0 Å². The summed E-state index contributed by atoms with van der Waals surface area (Å²) < 4.78 is 45.5. The molecule has 248 valence electrons. The van der Waals surface area contributed by atoms with E-state index in [-0.39, 0.29) is 46.0 Å². The van der Waals surface area contributed by atoms with E-state index in [9.17, 15) is 18.4 Å². The van der Waals surface area contributed by atoms with Crippen LogP contribution in [0.5, 0.6) is 5.75 Å². The standard InChI is InChI=1S/C31H34F2N8O5S/c1-38(20-15-44-16-20)19-5-9-39(10-6-19)27(42)14-40-13-25(36-30(43)24-12-35-41-8-2-7-34-29(24)41)28(37-40)23-11-21(47-22-17-45-18-22)3-4-26(23)46-31(32)33/h2-4,7-8,11-13,19-20,22,31H,5-6,9-10,14-18H2,1H3,(H,36,43). The Hall–Kier alpha value is -4.12. The molecule has 47 heavy (non-hydrogen) atoms. The quantitative estimate of drug-likeness (QED) is 0.255. The number of likely N-dealkylation sites (N-methyl/N-ethyl adjacent to an activating group) is 1. The second kappa shape index (κ2) is 13.5. The van der Waals surface area contributed by atoms with E-state index in [1.165, 1.54) is 27.7 Å². The molecule has 0 unspecified atom stereocenters. The highest BCUT2D eigenvalue weighted by Crippen LogP contribution is 2.39. The predicted octanol–water partition coefficient (Wildman–Crippen LogP) is 3.26. The van der Waals surface area contributed by atoms with Gasteiger partial charge in [-0.3, -0.25) is 19.2 Å². The average Bonchev–Trinajstić information content (AvgIpc) is 3.62. The van der Waals surface area contributed by atoms with Crippen molar-refractivity contribution >= 4 is 34.9 Å². The molecule has 0 aliphatic carbocycles. The molecule has 2 amide bonds. The number of nitrogens with one attached hydrogen (secondary N) is 1. The van der Waals surface area contributed by atoms with Crippen molar-refractivity contribution in [2.24, 2.45) is 0 Å². The lowest BCUT2D eigenvalue weighted by Gasteiger charge is -2.43. The first-order chi connectivity index (χ1) is 22.8. The zero-order chi connectivity index (χ0) is 32.5. The summed E-state index contributed by atoms with van der Waals surface area (Å²) in [6.07, 6.45) is 7.85. The van der Waals surface area contributed by atoms with Crippen LogP contribution in [-0.4, -0.2) is 117 Å². The maximum Gasteiger partial charge on any atom is 0.387 e. The van der Waals surface area contributed by atoms with Gasteiger partial charge in [0.05, 0.1) is 49.6 Å². The highest BCUT2D eigenvalue weighted by Gasteiger charge is 2.32. The number of carbonyl (C=O) groups is 2.